The fourth-order valence-electron chi connectivity index (χ4n) is 5.12. The van der Waals surface area contributed by atoms with Gasteiger partial charge < -0.3 is 9.88 Å². The molecule has 2 heterocycles. The summed E-state index contributed by atoms with van der Waals surface area (Å²) in [6.45, 7) is 5.91. The number of carbonyl (C=O) groups is 1. The molecular formula is C30H32FN3O. The number of hydrogen-bond donors (Lipinski definition) is 1. The van der Waals surface area contributed by atoms with Crippen molar-refractivity contribution in [3.63, 3.8) is 0 Å². The van der Waals surface area contributed by atoms with E-state index in [1.807, 2.05) is 18.2 Å². The molecule has 3 aromatic carbocycles. The van der Waals surface area contributed by atoms with E-state index >= 15 is 0 Å². The highest BCUT2D eigenvalue weighted by Crippen LogP contribution is 2.25. The van der Waals surface area contributed by atoms with Crippen LogP contribution in [0.5, 0.6) is 0 Å². The highest BCUT2D eigenvalue weighted by molar-refractivity contribution is 5.81. The molecule has 0 bridgehead atoms. The molecule has 0 saturated carbocycles. The zero-order chi connectivity index (χ0) is 24.2. The number of halogens is 1. The maximum atomic E-state index is 13.8. The van der Waals surface area contributed by atoms with Crippen LogP contribution >= 0.6 is 0 Å². The van der Waals surface area contributed by atoms with Crippen molar-refractivity contribution in [3.8, 4) is 0 Å². The van der Waals surface area contributed by atoms with Crippen molar-refractivity contribution in [2.24, 2.45) is 5.92 Å². The van der Waals surface area contributed by atoms with E-state index in [4.69, 9.17) is 0 Å². The van der Waals surface area contributed by atoms with E-state index in [1.165, 1.54) is 28.3 Å². The number of benzene rings is 3. The number of nitrogens with zero attached hydrogens (tertiary/aromatic N) is 2. The molecule has 1 fully saturated rings. The van der Waals surface area contributed by atoms with Gasteiger partial charge in [-0.2, -0.15) is 0 Å². The highest BCUT2D eigenvalue weighted by Gasteiger charge is 2.25. The normalized spacial score (nSPS) is 14.9. The Morgan fingerprint density at radius 3 is 2.51 bits per heavy atom. The minimum absolute atomic E-state index is 0.0634. The third-order valence-electron chi connectivity index (χ3n) is 7.18. The van der Waals surface area contributed by atoms with Crippen molar-refractivity contribution in [3.05, 3.63) is 107 Å². The Bertz CT molecular complexity index is 1320. The standard InChI is InChI=1S/C30H32FN3O/c1-22-7-2-3-10-26(22)19-32-30(35)24-13-15-33(16-14-24)21-28-18-25-9-4-5-12-29(25)34(28)20-23-8-6-11-27(31)17-23/h2-12,17-18,24H,13-16,19-21H2,1H3,(H,32,35). The van der Waals surface area contributed by atoms with Crippen molar-refractivity contribution >= 4 is 16.8 Å². The van der Waals surface area contributed by atoms with Gasteiger partial charge in [0.25, 0.3) is 0 Å². The molecule has 0 unspecified atom stereocenters. The molecule has 1 aliphatic heterocycles. The maximum absolute atomic E-state index is 13.8. The first kappa shape index (κ1) is 23.3. The molecule has 0 atom stereocenters. The van der Waals surface area contributed by atoms with Gasteiger partial charge in [0.1, 0.15) is 5.82 Å². The lowest BCUT2D eigenvalue weighted by atomic mass is 9.95. The molecule has 1 aromatic heterocycles. The van der Waals surface area contributed by atoms with Crippen molar-refractivity contribution in [1.82, 2.24) is 14.8 Å². The van der Waals surface area contributed by atoms with Gasteiger partial charge in [0.05, 0.1) is 0 Å². The second-order valence-corrected chi connectivity index (χ2v) is 9.61. The number of amides is 1. The first-order valence-electron chi connectivity index (χ1n) is 12.4. The van der Waals surface area contributed by atoms with Crippen LogP contribution < -0.4 is 5.32 Å². The molecule has 1 amide bonds. The topological polar surface area (TPSA) is 37.3 Å². The third kappa shape index (κ3) is 5.46. The summed E-state index contributed by atoms with van der Waals surface area (Å²) < 4.78 is 16.1. The van der Waals surface area contributed by atoms with Crippen LogP contribution in [-0.4, -0.2) is 28.5 Å². The Morgan fingerprint density at radius 2 is 1.71 bits per heavy atom. The Balaban J connectivity index is 1.23. The van der Waals surface area contributed by atoms with E-state index in [0.29, 0.717) is 13.1 Å². The first-order chi connectivity index (χ1) is 17.1. The minimum atomic E-state index is -0.205. The van der Waals surface area contributed by atoms with Crippen LogP contribution in [0.1, 0.15) is 35.2 Å². The van der Waals surface area contributed by atoms with Crippen LogP contribution in [0.2, 0.25) is 0 Å². The van der Waals surface area contributed by atoms with Gasteiger partial charge in [0, 0.05) is 36.8 Å². The van der Waals surface area contributed by atoms with Crippen LogP contribution in [0, 0.1) is 18.7 Å². The lowest BCUT2D eigenvalue weighted by Crippen LogP contribution is -2.40. The number of piperidine rings is 1. The molecule has 5 heteroatoms. The maximum Gasteiger partial charge on any atom is 0.223 e. The largest absolute Gasteiger partial charge is 0.352 e. The number of nitrogens with one attached hydrogen (secondary N) is 1. The van der Waals surface area contributed by atoms with Crippen molar-refractivity contribution in [1.29, 1.82) is 0 Å². The van der Waals surface area contributed by atoms with Gasteiger partial charge in [-0.3, -0.25) is 9.69 Å². The van der Waals surface area contributed by atoms with Gasteiger partial charge in [0.2, 0.25) is 5.91 Å². The quantitative estimate of drug-likeness (QED) is 0.379. The molecule has 5 rings (SSSR count). The summed E-state index contributed by atoms with van der Waals surface area (Å²) in [6.07, 6.45) is 1.73. The molecule has 4 aromatic rings. The van der Waals surface area contributed by atoms with Gasteiger partial charge in [-0.1, -0.05) is 54.6 Å². The van der Waals surface area contributed by atoms with E-state index in [9.17, 15) is 9.18 Å². The number of para-hydroxylation sites is 1. The Kier molecular flexibility index (Phi) is 6.96. The minimum Gasteiger partial charge on any atom is -0.352 e. The lowest BCUT2D eigenvalue weighted by molar-refractivity contribution is -0.126. The summed E-state index contributed by atoms with van der Waals surface area (Å²) in [6, 6.07) is 25.6. The fourth-order valence-corrected chi connectivity index (χ4v) is 5.12. The van der Waals surface area contributed by atoms with Crippen LogP contribution in [0.15, 0.2) is 78.9 Å². The third-order valence-corrected chi connectivity index (χ3v) is 7.18. The Morgan fingerprint density at radius 1 is 0.943 bits per heavy atom. The second kappa shape index (κ2) is 10.4. The molecule has 180 valence electrons. The molecular weight excluding hydrogens is 437 g/mol. The average Bonchev–Trinajstić information content (AvgIpc) is 3.20. The number of aryl methyl sites for hydroxylation is 1. The summed E-state index contributed by atoms with van der Waals surface area (Å²) in [4.78, 5) is 15.2. The SMILES string of the molecule is Cc1ccccc1CNC(=O)C1CCN(Cc2cc3ccccc3n2Cc2cccc(F)c2)CC1. The number of rotatable bonds is 7. The second-order valence-electron chi connectivity index (χ2n) is 9.61. The molecule has 1 saturated heterocycles. The van der Waals surface area contributed by atoms with Gasteiger partial charge in [-0.25, -0.2) is 4.39 Å². The monoisotopic (exact) mass is 469 g/mol. The molecule has 1 aliphatic rings. The Labute approximate surface area is 206 Å². The summed E-state index contributed by atoms with van der Waals surface area (Å²) in [5.41, 5.74) is 5.72. The van der Waals surface area contributed by atoms with Crippen molar-refractivity contribution < 1.29 is 9.18 Å². The fraction of sp³-hybridized carbons (Fsp3) is 0.300. The molecule has 0 radical (unpaired) electrons. The predicted octanol–water partition coefficient (Wildman–Crippen LogP) is 5.67. The number of aromatic nitrogens is 1. The summed E-state index contributed by atoms with van der Waals surface area (Å²) in [5.74, 6) is 0.0184. The first-order valence-corrected chi connectivity index (χ1v) is 12.4. The van der Waals surface area contributed by atoms with E-state index in [1.54, 1.807) is 12.1 Å². The zero-order valence-corrected chi connectivity index (χ0v) is 20.2. The van der Waals surface area contributed by atoms with Gasteiger partial charge in [0.15, 0.2) is 0 Å². The summed E-state index contributed by atoms with van der Waals surface area (Å²) >= 11 is 0. The van der Waals surface area contributed by atoms with Crippen LogP contribution in [-0.2, 0) is 24.4 Å². The van der Waals surface area contributed by atoms with E-state index in [2.05, 4.69) is 64.2 Å². The van der Waals surface area contributed by atoms with E-state index in [-0.39, 0.29) is 17.6 Å². The lowest BCUT2D eigenvalue weighted by Gasteiger charge is -2.31. The molecule has 35 heavy (non-hydrogen) atoms. The summed E-state index contributed by atoms with van der Waals surface area (Å²) in [5, 5.41) is 4.34. The summed E-state index contributed by atoms with van der Waals surface area (Å²) in [7, 11) is 0. The van der Waals surface area contributed by atoms with Gasteiger partial charge in [-0.05, 0) is 79.2 Å². The number of fused-ring (bicyclic) bond motifs is 1. The number of carbonyl (C=O) groups excluding carboxylic acids is 1. The molecule has 0 aliphatic carbocycles. The smallest absolute Gasteiger partial charge is 0.223 e. The average molecular weight is 470 g/mol. The van der Waals surface area contributed by atoms with Crippen LogP contribution in [0.25, 0.3) is 10.9 Å². The van der Waals surface area contributed by atoms with Gasteiger partial charge in [-0.15, -0.1) is 0 Å². The molecule has 0 spiro atoms. The zero-order valence-electron chi connectivity index (χ0n) is 20.2. The highest BCUT2D eigenvalue weighted by atomic mass is 19.1. The Hall–Kier alpha value is -3.44. The molecule has 4 nitrogen and oxygen atoms in total. The van der Waals surface area contributed by atoms with Crippen molar-refractivity contribution in [2.45, 2.75) is 39.4 Å². The van der Waals surface area contributed by atoms with Crippen molar-refractivity contribution in [2.75, 3.05) is 13.1 Å². The van der Waals surface area contributed by atoms with E-state index < -0.39 is 0 Å². The van der Waals surface area contributed by atoms with Crippen LogP contribution in [0.4, 0.5) is 4.39 Å². The van der Waals surface area contributed by atoms with Crippen LogP contribution in [0.3, 0.4) is 0 Å². The number of likely N-dealkylation sites (tertiary alicyclic amines) is 1. The number of hydrogen-bond acceptors (Lipinski definition) is 2. The predicted molar refractivity (Wildman–Crippen MR) is 138 cm³/mol. The molecule has 1 N–H and O–H groups in total. The van der Waals surface area contributed by atoms with E-state index in [0.717, 1.165) is 43.6 Å². The van der Waals surface area contributed by atoms with Gasteiger partial charge >= 0.3 is 0 Å².